The Morgan fingerprint density at radius 1 is 0.913 bits per heavy atom. The average molecular weight is 616 g/mol. The molecule has 0 saturated heterocycles. The molecule has 0 bridgehead atoms. The van der Waals surface area contributed by atoms with E-state index in [4.69, 9.17) is 5.73 Å². The van der Waals surface area contributed by atoms with Crippen molar-refractivity contribution in [2.24, 2.45) is 11.7 Å². The molecule has 246 valence electrons. The second-order valence-electron chi connectivity index (χ2n) is 13.2. The van der Waals surface area contributed by atoms with Gasteiger partial charge in [-0.1, -0.05) is 153 Å². The summed E-state index contributed by atoms with van der Waals surface area (Å²) in [7, 11) is 2.23. The lowest BCUT2D eigenvalue weighted by Crippen LogP contribution is -2.42. The fourth-order valence-electron chi connectivity index (χ4n) is 6.64. The third-order valence-corrected chi connectivity index (χ3v) is 9.07. The second-order valence-corrected chi connectivity index (χ2v) is 13.2. The number of rotatable bonds is 21. The molecule has 1 nitrogen and oxygen atoms in total. The van der Waals surface area contributed by atoms with E-state index in [1.165, 1.54) is 62.5 Å². The summed E-state index contributed by atoms with van der Waals surface area (Å²) in [6.07, 6.45) is 38.5. The Bertz CT molecular complexity index is 1300. The molecule has 1 aliphatic rings. The first-order chi connectivity index (χ1) is 22.4. The molecule has 1 atom stereocenters. The summed E-state index contributed by atoms with van der Waals surface area (Å²) in [5.41, 5.74) is 15.7. The van der Waals surface area contributed by atoms with Gasteiger partial charge in [0.25, 0.3) is 0 Å². The zero-order chi connectivity index (χ0) is 33.5. The predicted molar refractivity (Wildman–Crippen MR) is 209 cm³/mol. The van der Waals surface area contributed by atoms with Gasteiger partial charge in [0.2, 0.25) is 0 Å². The average Bonchev–Trinajstić information content (AvgIpc) is 3.03. The van der Waals surface area contributed by atoms with Gasteiger partial charge in [-0.2, -0.15) is 0 Å². The zero-order valence-corrected chi connectivity index (χ0v) is 29.8. The molecule has 0 saturated carbocycles. The van der Waals surface area contributed by atoms with E-state index >= 15 is 0 Å². The van der Waals surface area contributed by atoms with Crippen LogP contribution in [0.25, 0.3) is 0 Å². The summed E-state index contributed by atoms with van der Waals surface area (Å²) < 4.78 is 0. The molecule has 1 unspecified atom stereocenters. The van der Waals surface area contributed by atoms with Crippen molar-refractivity contribution < 1.29 is 0 Å². The molecule has 2 N–H and O–H groups in total. The van der Waals surface area contributed by atoms with Crippen molar-refractivity contribution in [3.8, 4) is 11.8 Å². The number of hydrogen-bond donors (Lipinski definition) is 1. The van der Waals surface area contributed by atoms with Gasteiger partial charge in [0.05, 0.1) is 0 Å². The lowest BCUT2D eigenvalue weighted by atomic mass is 9.67. The molecule has 1 aromatic carbocycles. The molecule has 0 fully saturated rings. The maximum Gasteiger partial charge on any atom is 0.127 e. The topological polar surface area (TPSA) is 26.0 Å². The summed E-state index contributed by atoms with van der Waals surface area (Å²) in [4.78, 5) is 0. The maximum absolute atomic E-state index is 7.14. The highest BCUT2D eigenvalue weighted by molar-refractivity contribution is 6.15. The van der Waals surface area contributed by atoms with Gasteiger partial charge in [-0.3, -0.25) is 0 Å². The standard InChI is InChI=1S/C44H62BN/c1-6-11-25-37(26-12-7-2)35-44(45,46)36-43(38(10-5)34-42-32-23-22-31-39(42)24-9-4)33-21-17-16-20-30-41-29-19-15-14-18-28-40(41)27-13-8-3/h6-7,11-12,14-15,18-19,22-23,25-26,31-32,37H,1-2,8,10,13,16-17,20-21,27-30,33-36,45-46H2,3-5H3/b18-14-,19-15-,25-11-,26-12-,41-40+,43-38+. The van der Waals surface area contributed by atoms with E-state index in [9.17, 15) is 0 Å². The van der Waals surface area contributed by atoms with Crippen molar-refractivity contribution in [3.05, 3.63) is 132 Å². The van der Waals surface area contributed by atoms with Crippen LogP contribution in [0.5, 0.6) is 0 Å². The van der Waals surface area contributed by atoms with Crippen LogP contribution in [-0.4, -0.2) is 13.3 Å². The first-order valence-electron chi connectivity index (χ1n) is 18.0. The van der Waals surface area contributed by atoms with Gasteiger partial charge in [-0.25, -0.2) is 0 Å². The first kappa shape index (κ1) is 38.9. The molecule has 2 heteroatoms. The second kappa shape index (κ2) is 23.1. The van der Waals surface area contributed by atoms with Gasteiger partial charge in [0.1, 0.15) is 7.85 Å². The molecule has 46 heavy (non-hydrogen) atoms. The third kappa shape index (κ3) is 15.3. The van der Waals surface area contributed by atoms with E-state index in [0.717, 1.165) is 50.5 Å². The molecule has 1 aliphatic carbocycles. The molecule has 0 spiro atoms. The highest BCUT2D eigenvalue weighted by atomic mass is 14.7. The van der Waals surface area contributed by atoms with Crippen LogP contribution in [0, 0.1) is 17.8 Å². The minimum atomic E-state index is -0.332. The summed E-state index contributed by atoms with van der Waals surface area (Å²) in [5, 5.41) is 0. The van der Waals surface area contributed by atoms with E-state index in [1.807, 2.05) is 31.2 Å². The quantitative estimate of drug-likeness (QED) is 0.0481. The SMILES string of the molecule is BC(N)(C/C(CCCCCC/C1=C(\CCCC)C/C=C\C=C/C1)=C(\CC)Cc1ccccc1C#CC)CC(/C=C\C=C)/C=C\C=C. The van der Waals surface area contributed by atoms with Crippen LogP contribution in [0.4, 0.5) is 0 Å². The highest BCUT2D eigenvalue weighted by Gasteiger charge is 2.24. The molecule has 0 aliphatic heterocycles. The van der Waals surface area contributed by atoms with Crippen molar-refractivity contribution in [2.45, 2.75) is 123 Å². The van der Waals surface area contributed by atoms with E-state index in [1.54, 1.807) is 16.7 Å². The smallest absolute Gasteiger partial charge is 0.127 e. The Labute approximate surface area is 284 Å². The Morgan fingerprint density at radius 3 is 2.15 bits per heavy atom. The molecular weight excluding hydrogens is 553 g/mol. The van der Waals surface area contributed by atoms with Crippen molar-refractivity contribution >= 4 is 7.85 Å². The van der Waals surface area contributed by atoms with Crippen LogP contribution < -0.4 is 5.73 Å². The number of hydrogen-bond acceptors (Lipinski definition) is 1. The molecule has 0 amide bonds. The predicted octanol–water partition coefficient (Wildman–Crippen LogP) is 11.2. The van der Waals surface area contributed by atoms with E-state index in [-0.39, 0.29) is 11.4 Å². The van der Waals surface area contributed by atoms with Crippen molar-refractivity contribution in [1.82, 2.24) is 0 Å². The normalized spacial score (nSPS) is 18.4. The van der Waals surface area contributed by atoms with Crippen LogP contribution in [0.3, 0.4) is 0 Å². The van der Waals surface area contributed by atoms with Gasteiger partial charge < -0.3 is 5.73 Å². The van der Waals surface area contributed by atoms with Crippen LogP contribution in [0.15, 0.2) is 120 Å². The van der Waals surface area contributed by atoms with E-state index in [2.05, 4.69) is 107 Å². The van der Waals surface area contributed by atoms with Gasteiger partial charge in [-0.15, -0.1) is 5.92 Å². The lowest BCUT2D eigenvalue weighted by molar-refractivity contribution is 0.486. The molecule has 2 rings (SSSR count). The number of allylic oxidation sites excluding steroid dienone is 13. The molecular formula is C44H62BN. The third-order valence-electron chi connectivity index (χ3n) is 9.07. The monoisotopic (exact) mass is 615 g/mol. The Hall–Kier alpha value is -3.28. The minimum absolute atomic E-state index is 0.244. The van der Waals surface area contributed by atoms with Gasteiger partial charge in [0, 0.05) is 5.56 Å². The minimum Gasteiger partial charge on any atom is -0.332 e. The van der Waals surface area contributed by atoms with Gasteiger partial charge in [0.15, 0.2) is 0 Å². The summed E-state index contributed by atoms with van der Waals surface area (Å²) in [6, 6.07) is 8.63. The van der Waals surface area contributed by atoms with E-state index < -0.39 is 0 Å². The van der Waals surface area contributed by atoms with Crippen LogP contribution in [0.2, 0.25) is 0 Å². The van der Waals surface area contributed by atoms with Crippen LogP contribution in [-0.2, 0) is 6.42 Å². The Morgan fingerprint density at radius 2 is 1.54 bits per heavy atom. The largest absolute Gasteiger partial charge is 0.332 e. The number of nitrogens with two attached hydrogens (primary N) is 1. The molecule has 1 aromatic rings. The van der Waals surface area contributed by atoms with Crippen LogP contribution >= 0.6 is 0 Å². The number of benzene rings is 1. The first-order valence-corrected chi connectivity index (χ1v) is 18.0. The zero-order valence-electron chi connectivity index (χ0n) is 29.8. The number of unbranched alkanes of at least 4 members (excludes halogenated alkanes) is 4. The maximum atomic E-state index is 7.14. The summed E-state index contributed by atoms with van der Waals surface area (Å²) in [5.74, 6) is 6.69. The molecule has 0 radical (unpaired) electrons. The summed E-state index contributed by atoms with van der Waals surface area (Å²) in [6.45, 7) is 14.3. The molecule has 0 aromatic heterocycles. The van der Waals surface area contributed by atoms with Gasteiger partial charge in [-0.05, 0) is 107 Å². The molecule has 0 heterocycles. The lowest BCUT2D eigenvalue weighted by Gasteiger charge is -2.30. The fraction of sp³-hybridized carbons (Fsp3) is 0.455. The summed E-state index contributed by atoms with van der Waals surface area (Å²) >= 11 is 0. The highest BCUT2D eigenvalue weighted by Crippen LogP contribution is 2.31. The Balaban J connectivity index is 2.20. The fourth-order valence-corrected chi connectivity index (χ4v) is 6.64. The van der Waals surface area contributed by atoms with Crippen LogP contribution in [0.1, 0.15) is 122 Å². The van der Waals surface area contributed by atoms with Gasteiger partial charge >= 0.3 is 0 Å². The Kier molecular flexibility index (Phi) is 19.5. The van der Waals surface area contributed by atoms with E-state index in [0.29, 0.717) is 0 Å². The van der Waals surface area contributed by atoms with Crippen molar-refractivity contribution in [1.29, 1.82) is 0 Å². The van der Waals surface area contributed by atoms with Crippen molar-refractivity contribution in [2.75, 3.05) is 0 Å². The van der Waals surface area contributed by atoms with Crippen molar-refractivity contribution in [3.63, 3.8) is 0 Å².